The fourth-order valence-electron chi connectivity index (χ4n) is 5.04. The quantitative estimate of drug-likeness (QED) is 0.229. The van der Waals surface area contributed by atoms with Crippen molar-refractivity contribution in [2.24, 2.45) is 5.92 Å². The van der Waals surface area contributed by atoms with Crippen LogP contribution in [0.5, 0.6) is 0 Å². The number of hydrogen-bond acceptors (Lipinski definition) is 3. The Kier molecular flexibility index (Phi) is 22.4. The highest BCUT2D eigenvalue weighted by molar-refractivity contribution is 5.94. The van der Waals surface area contributed by atoms with Gasteiger partial charge in [-0.2, -0.15) is 5.10 Å². The number of aromatic nitrogens is 2. The van der Waals surface area contributed by atoms with E-state index in [1.807, 2.05) is 13.8 Å². The lowest BCUT2D eigenvalue weighted by Gasteiger charge is -2.35. The molecule has 0 bridgehead atoms. The Hall–Kier alpha value is -2.54. The number of nitrogens with zero attached hydrogens (tertiary/aromatic N) is 3. The number of carbonyl (C=O) groups excluding carboxylic acids is 1. The first kappa shape index (κ1) is 43.5. The van der Waals surface area contributed by atoms with Gasteiger partial charge in [-0.3, -0.25) is 9.48 Å². The Morgan fingerprint density at radius 2 is 1.65 bits per heavy atom. The molecule has 1 N–H and O–H groups in total. The molecule has 264 valence electrons. The van der Waals surface area contributed by atoms with Crippen LogP contribution < -0.4 is 0 Å². The van der Waals surface area contributed by atoms with Gasteiger partial charge in [0, 0.05) is 24.3 Å². The molecule has 1 aliphatic heterocycles. The van der Waals surface area contributed by atoms with Gasteiger partial charge in [0.1, 0.15) is 6.10 Å². The fraction of sp³-hybridized carbons (Fsp3) is 0.692. The average molecular weight is 648 g/mol. The number of allylic oxidation sites excluding steroid dienone is 1. The molecule has 1 aromatic carbocycles. The molecule has 0 radical (unpaired) electrons. The zero-order valence-electron chi connectivity index (χ0n) is 31.0. The molecule has 1 aromatic heterocycles. The van der Waals surface area contributed by atoms with Crippen molar-refractivity contribution in [1.29, 1.82) is 0 Å². The predicted molar refractivity (Wildman–Crippen MR) is 192 cm³/mol. The lowest BCUT2D eigenvalue weighted by atomic mass is 10.0. The van der Waals surface area contributed by atoms with E-state index in [1.165, 1.54) is 61.6 Å². The molecule has 2 aromatic rings. The Balaban J connectivity index is 0.000000674. The molecular formula is C39H67F2N3O2. The van der Waals surface area contributed by atoms with Gasteiger partial charge in [0.05, 0.1) is 6.54 Å². The van der Waals surface area contributed by atoms with Crippen molar-refractivity contribution in [2.45, 2.75) is 158 Å². The molecule has 2 unspecified atom stereocenters. The molecule has 0 saturated carbocycles. The highest BCUT2D eigenvalue weighted by Crippen LogP contribution is 2.30. The van der Waals surface area contributed by atoms with E-state index in [1.54, 1.807) is 10.8 Å². The largest absolute Gasteiger partial charge is 0.387 e. The average Bonchev–Trinajstić information content (AvgIpc) is 3.65. The second-order valence-corrected chi connectivity index (χ2v) is 12.7. The summed E-state index contributed by atoms with van der Waals surface area (Å²) in [6.45, 7) is 25.0. The molecule has 46 heavy (non-hydrogen) atoms. The number of aliphatic hydroxyl groups excluding tert-OH is 1. The number of rotatable bonds is 8. The van der Waals surface area contributed by atoms with Gasteiger partial charge in [0.15, 0.2) is 5.69 Å². The van der Waals surface area contributed by atoms with Crippen molar-refractivity contribution in [3.8, 4) is 0 Å². The number of alkyl halides is 2. The number of aryl methyl sites for hydroxylation is 3. The standard InChI is InChI=1S/C14H19F2N3O2.C9H12.C9H20.C4H10.C3H6/c1-2-19-10-5-3-4-9(10)12(17-19)13(21)18-7-6-11(20)14(15,16)8-18;1-7-5-4-6-8(2)9(7)3;1-4-6-7-8-9(3)5-2;1-3-4-2;1-3-2/h11,20H,2-8H2,1H3;4-6H,1-3H3;9H,4-8H2,1-3H3;3-4H2,1-2H3;3H,1H2,2H3. The summed E-state index contributed by atoms with van der Waals surface area (Å²) in [5.41, 5.74) is 6.47. The van der Waals surface area contributed by atoms with Gasteiger partial charge >= 0.3 is 0 Å². The van der Waals surface area contributed by atoms with Gasteiger partial charge in [-0.05, 0) is 82.9 Å². The summed E-state index contributed by atoms with van der Waals surface area (Å²) < 4.78 is 29.0. The van der Waals surface area contributed by atoms with Gasteiger partial charge in [-0.25, -0.2) is 8.78 Å². The molecule has 0 spiro atoms. The maximum Gasteiger partial charge on any atom is 0.290 e. The Morgan fingerprint density at radius 3 is 2.11 bits per heavy atom. The first-order chi connectivity index (χ1) is 21.8. The summed E-state index contributed by atoms with van der Waals surface area (Å²) >= 11 is 0. The third-order valence-corrected chi connectivity index (χ3v) is 8.73. The lowest BCUT2D eigenvalue weighted by molar-refractivity contribution is -0.142. The van der Waals surface area contributed by atoms with Crippen LogP contribution in [0.3, 0.4) is 0 Å². The minimum Gasteiger partial charge on any atom is -0.387 e. The van der Waals surface area contributed by atoms with E-state index >= 15 is 0 Å². The minimum atomic E-state index is -3.25. The van der Waals surface area contributed by atoms with E-state index in [0.717, 1.165) is 41.3 Å². The fourth-order valence-corrected chi connectivity index (χ4v) is 5.04. The van der Waals surface area contributed by atoms with Crippen LogP contribution >= 0.6 is 0 Å². The van der Waals surface area contributed by atoms with Crippen molar-refractivity contribution < 1.29 is 18.7 Å². The lowest BCUT2D eigenvalue weighted by Crippen LogP contribution is -2.53. The topological polar surface area (TPSA) is 58.4 Å². The molecule has 1 fully saturated rings. The summed E-state index contributed by atoms with van der Waals surface area (Å²) in [4.78, 5) is 13.6. The van der Waals surface area contributed by atoms with E-state index in [-0.39, 0.29) is 13.0 Å². The second kappa shape index (κ2) is 23.7. The van der Waals surface area contributed by atoms with Gasteiger partial charge in [-0.15, -0.1) is 6.58 Å². The number of halogens is 2. The SMILES string of the molecule is C=CC.CCCC.CCCCCC(C)CC.CCn1nc(C(=O)N2CCC(O)C(F)(F)C2)c2c1CCC2.Cc1cccc(C)c1C. The van der Waals surface area contributed by atoms with E-state index in [4.69, 9.17) is 0 Å². The molecule has 5 nitrogen and oxygen atoms in total. The summed E-state index contributed by atoms with van der Waals surface area (Å²) in [5.74, 6) is -2.73. The van der Waals surface area contributed by atoms with Crippen LogP contribution in [0.25, 0.3) is 0 Å². The van der Waals surface area contributed by atoms with E-state index in [9.17, 15) is 18.7 Å². The monoisotopic (exact) mass is 648 g/mol. The first-order valence-electron chi connectivity index (χ1n) is 17.8. The summed E-state index contributed by atoms with van der Waals surface area (Å²) in [5, 5.41) is 13.6. The number of benzene rings is 1. The number of unbranched alkanes of at least 4 members (excludes halogenated alkanes) is 3. The van der Waals surface area contributed by atoms with Crippen molar-refractivity contribution in [3.63, 3.8) is 0 Å². The number of likely N-dealkylation sites (tertiary alicyclic amines) is 1. The maximum absolute atomic E-state index is 13.6. The number of hydrogen-bond donors (Lipinski definition) is 1. The highest BCUT2D eigenvalue weighted by Gasteiger charge is 2.45. The first-order valence-corrected chi connectivity index (χ1v) is 17.8. The van der Waals surface area contributed by atoms with Crippen molar-refractivity contribution in [2.75, 3.05) is 13.1 Å². The molecule has 2 aliphatic rings. The smallest absolute Gasteiger partial charge is 0.290 e. The Bertz CT molecular complexity index is 1110. The third kappa shape index (κ3) is 14.9. The van der Waals surface area contributed by atoms with Gasteiger partial charge in [0.25, 0.3) is 11.8 Å². The molecule has 7 heteroatoms. The van der Waals surface area contributed by atoms with E-state index in [2.05, 4.69) is 85.3 Å². The maximum atomic E-state index is 13.6. The number of piperidine rings is 1. The Morgan fingerprint density at radius 1 is 1.07 bits per heavy atom. The molecule has 2 heterocycles. The van der Waals surface area contributed by atoms with E-state index in [0.29, 0.717) is 12.2 Å². The summed E-state index contributed by atoms with van der Waals surface area (Å²) in [6.07, 6.45) is 12.3. The molecule has 1 aliphatic carbocycles. The predicted octanol–water partition coefficient (Wildman–Crippen LogP) is 10.5. The third-order valence-electron chi connectivity index (χ3n) is 8.73. The molecule has 2 atom stereocenters. The molecular weight excluding hydrogens is 580 g/mol. The zero-order valence-corrected chi connectivity index (χ0v) is 31.0. The van der Waals surface area contributed by atoms with Gasteiger partial charge < -0.3 is 10.0 Å². The van der Waals surface area contributed by atoms with Crippen LogP contribution in [0.2, 0.25) is 0 Å². The van der Waals surface area contributed by atoms with Crippen molar-refractivity contribution in [1.82, 2.24) is 14.7 Å². The number of carbonyl (C=O) groups is 1. The minimum absolute atomic E-state index is 0.102. The zero-order chi connectivity index (χ0) is 35.3. The van der Waals surface area contributed by atoms with Gasteiger partial charge in [0.2, 0.25) is 0 Å². The molecule has 1 amide bonds. The van der Waals surface area contributed by atoms with E-state index < -0.39 is 24.5 Å². The molecule has 1 saturated heterocycles. The number of aliphatic hydroxyl groups is 1. The Labute approximate surface area is 280 Å². The van der Waals surface area contributed by atoms with Crippen LogP contribution in [-0.2, 0) is 19.4 Å². The van der Waals surface area contributed by atoms with Crippen molar-refractivity contribution >= 4 is 5.91 Å². The van der Waals surface area contributed by atoms with Crippen LogP contribution in [0.15, 0.2) is 30.9 Å². The van der Waals surface area contributed by atoms with Crippen molar-refractivity contribution in [3.05, 3.63) is 64.5 Å². The summed E-state index contributed by atoms with van der Waals surface area (Å²) in [7, 11) is 0. The number of fused-ring (bicyclic) bond motifs is 1. The van der Waals surface area contributed by atoms with Crippen LogP contribution in [0, 0.1) is 26.7 Å². The van der Waals surface area contributed by atoms with Crippen LogP contribution in [-0.4, -0.2) is 50.8 Å². The normalized spacial score (nSPS) is 16.5. The second-order valence-electron chi connectivity index (χ2n) is 12.7. The highest BCUT2D eigenvalue weighted by atomic mass is 19.3. The van der Waals surface area contributed by atoms with Gasteiger partial charge in [-0.1, -0.05) is 104 Å². The summed E-state index contributed by atoms with van der Waals surface area (Å²) in [6, 6.07) is 6.38. The van der Waals surface area contributed by atoms with Crippen LogP contribution in [0.1, 0.15) is 145 Å². The van der Waals surface area contributed by atoms with Crippen LogP contribution in [0.4, 0.5) is 8.78 Å². The number of amides is 1. The molecule has 4 rings (SSSR count).